The molecule has 0 aliphatic carbocycles. The number of imidazole rings is 1. The highest BCUT2D eigenvalue weighted by Crippen LogP contribution is 2.32. The normalized spacial score (nSPS) is 11.4. The maximum absolute atomic E-state index is 13.1. The molecule has 5 rings (SSSR count). The quantitative estimate of drug-likeness (QED) is 0.239. The standard InChI is InChI=1S/C29H21F3N4O3/c30-29(31,32)20-10-13-23-24(15-20)36-28(35-23)19-5-3-4-18(14-19)17-8-11-21(12-9-17)34-26(37)16-39-25-7-2-1-6-22(25)27(33)38/h1-15H,16H2,(H2,33,38)(H,34,37)(H,35,36). The number of aromatic amines is 1. The van der Waals surface area contributed by atoms with E-state index in [-0.39, 0.29) is 17.9 Å². The molecule has 4 aromatic carbocycles. The fourth-order valence-corrected chi connectivity index (χ4v) is 4.05. The first kappa shape index (κ1) is 25.5. The third-order valence-corrected chi connectivity index (χ3v) is 5.96. The summed E-state index contributed by atoms with van der Waals surface area (Å²) in [4.78, 5) is 31.2. The molecule has 196 valence electrons. The van der Waals surface area contributed by atoms with Crippen LogP contribution in [0, 0.1) is 0 Å². The maximum atomic E-state index is 13.1. The lowest BCUT2D eigenvalue weighted by atomic mass is 10.0. The zero-order valence-electron chi connectivity index (χ0n) is 20.3. The molecular formula is C29H21F3N4O3. The third-order valence-electron chi connectivity index (χ3n) is 5.96. The van der Waals surface area contributed by atoms with E-state index in [0.717, 1.165) is 23.3 Å². The van der Waals surface area contributed by atoms with Crippen molar-refractivity contribution in [1.29, 1.82) is 0 Å². The smallest absolute Gasteiger partial charge is 0.416 e. The summed E-state index contributed by atoms with van der Waals surface area (Å²) in [7, 11) is 0. The summed E-state index contributed by atoms with van der Waals surface area (Å²) in [5, 5.41) is 2.73. The number of fused-ring (bicyclic) bond motifs is 1. The van der Waals surface area contributed by atoms with E-state index in [9.17, 15) is 22.8 Å². The van der Waals surface area contributed by atoms with Gasteiger partial charge in [0.05, 0.1) is 22.2 Å². The van der Waals surface area contributed by atoms with Gasteiger partial charge < -0.3 is 20.8 Å². The van der Waals surface area contributed by atoms with Crippen molar-refractivity contribution in [3.8, 4) is 28.3 Å². The summed E-state index contributed by atoms with van der Waals surface area (Å²) in [6.07, 6.45) is -4.44. The number of halogens is 3. The number of hydrogen-bond acceptors (Lipinski definition) is 4. The molecule has 10 heteroatoms. The first-order chi connectivity index (χ1) is 18.7. The predicted octanol–water partition coefficient (Wildman–Crippen LogP) is 6.03. The van der Waals surface area contributed by atoms with E-state index in [1.165, 1.54) is 12.1 Å². The molecule has 0 atom stereocenters. The molecule has 0 bridgehead atoms. The molecule has 0 spiro atoms. The van der Waals surface area contributed by atoms with Gasteiger partial charge in [0.2, 0.25) is 0 Å². The molecule has 39 heavy (non-hydrogen) atoms. The van der Waals surface area contributed by atoms with Gasteiger partial charge in [0.25, 0.3) is 11.8 Å². The number of aromatic nitrogens is 2. The second-order valence-corrected chi connectivity index (χ2v) is 8.67. The number of carbonyl (C=O) groups is 2. The topological polar surface area (TPSA) is 110 Å². The number of rotatable bonds is 7. The number of nitrogens with zero attached hydrogens (tertiary/aromatic N) is 1. The molecule has 0 saturated carbocycles. The largest absolute Gasteiger partial charge is 0.483 e. The van der Waals surface area contributed by atoms with Crippen LogP contribution in [0.15, 0.2) is 91.0 Å². The molecule has 2 amide bonds. The lowest BCUT2D eigenvalue weighted by molar-refractivity contribution is -0.137. The monoisotopic (exact) mass is 530 g/mol. The van der Waals surface area contributed by atoms with Crippen molar-refractivity contribution < 1.29 is 27.5 Å². The zero-order chi connectivity index (χ0) is 27.6. The molecule has 0 aliphatic rings. The highest BCUT2D eigenvalue weighted by molar-refractivity contribution is 5.96. The van der Waals surface area contributed by atoms with Crippen LogP contribution < -0.4 is 15.8 Å². The van der Waals surface area contributed by atoms with Gasteiger partial charge in [-0.05, 0) is 59.7 Å². The van der Waals surface area contributed by atoms with Gasteiger partial charge >= 0.3 is 6.18 Å². The van der Waals surface area contributed by atoms with Crippen LogP contribution in [0.25, 0.3) is 33.5 Å². The fourth-order valence-electron chi connectivity index (χ4n) is 4.05. The molecule has 0 radical (unpaired) electrons. The van der Waals surface area contributed by atoms with Gasteiger partial charge in [-0.2, -0.15) is 13.2 Å². The minimum atomic E-state index is -4.44. The molecule has 1 heterocycles. The number of amides is 2. The molecule has 5 aromatic rings. The molecule has 4 N–H and O–H groups in total. The number of para-hydroxylation sites is 1. The highest BCUT2D eigenvalue weighted by atomic mass is 19.4. The Balaban J connectivity index is 1.27. The Bertz CT molecular complexity index is 1680. The van der Waals surface area contributed by atoms with Crippen molar-refractivity contribution in [2.75, 3.05) is 11.9 Å². The number of anilines is 1. The van der Waals surface area contributed by atoms with Crippen LogP contribution >= 0.6 is 0 Å². The average Bonchev–Trinajstić information content (AvgIpc) is 3.36. The molecule has 0 saturated heterocycles. The number of H-pyrrole nitrogens is 1. The lowest BCUT2D eigenvalue weighted by Crippen LogP contribution is -2.21. The summed E-state index contributed by atoms with van der Waals surface area (Å²) in [6, 6.07) is 24.3. The molecule has 0 aliphatic heterocycles. The summed E-state index contributed by atoms with van der Waals surface area (Å²) >= 11 is 0. The van der Waals surface area contributed by atoms with E-state index in [2.05, 4.69) is 15.3 Å². The van der Waals surface area contributed by atoms with Gasteiger partial charge in [0.15, 0.2) is 6.61 Å². The Labute approximate surface area is 220 Å². The van der Waals surface area contributed by atoms with Crippen molar-refractivity contribution in [1.82, 2.24) is 9.97 Å². The van der Waals surface area contributed by atoms with Gasteiger partial charge in [-0.3, -0.25) is 9.59 Å². The second-order valence-electron chi connectivity index (χ2n) is 8.67. The molecular weight excluding hydrogens is 509 g/mol. The Morgan fingerprint density at radius 2 is 1.62 bits per heavy atom. The summed E-state index contributed by atoms with van der Waals surface area (Å²) in [5.74, 6) is -0.391. The van der Waals surface area contributed by atoms with Crippen molar-refractivity contribution in [2.24, 2.45) is 5.73 Å². The zero-order valence-corrected chi connectivity index (χ0v) is 20.3. The lowest BCUT2D eigenvalue weighted by Gasteiger charge is -2.10. The van der Waals surface area contributed by atoms with E-state index in [1.807, 2.05) is 36.4 Å². The summed E-state index contributed by atoms with van der Waals surface area (Å²) in [5.41, 5.74) is 8.47. The van der Waals surface area contributed by atoms with Crippen molar-refractivity contribution in [3.63, 3.8) is 0 Å². The fraction of sp³-hybridized carbons (Fsp3) is 0.0690. The third kappa shape index (κ3) is 5.74. The van der Waals surface area contributed by atoms with E-state index >= 15 is 0 Å². The highest BCUT2D eigenvalue weighted by Gasteiger charge is 2.30. The minimum Gasteiger partial charge on any atom is -0.483 e. The van der Waals surface area contributed by atoms with Crippen LogP contribution in [-0.2, 0) is 11.0 Å². The van der Waals surface area contributed by atoms with Crippen molar-refractivity contribution >= 4 is 28.5 Å². The molecule has 0 unspecified atom stereocenters. The van der Waals surface area contributed by atoms with Crippen molar-refractivity contribution in [2.45, 2.75) is 6.18 Å². The number of nitrogens with two attached hydrogens (primary N) is 1. The van der Waals surface area contributed by atoms with Gasteiger partial charge in [0.1, 0.15) is 11.6 Å². The Hall–Kier alpha value is -5.12. The van der Waals surface area contributed by atoms with Crippen LogP contribution in [0.5, 0.6) is 5.75 Å². The van der Waals surface area contributed by atoms with Crippen LogP contribution in [0.1, 0.15) is 15.9 Å². The minimum absolute atomic E-state index is 0.186. The second kappa shape index (κ2) is 10.3. The van der Waals surface area contributed by atoms with Gasteiger partial charge in [-0.15, -0.1) is 0 Å². The van der Waals surface area contributed by atoms with E-state index in [4.69, 9.17) is 10.5 Å². The van der Waals surface area contributed by atoms with Gasteiger partial charge in [0, 0.05) is 11.3 Å². The molecule has 0 fully saturated rings. The van der Waals surface area contributed by atoms with Crippen molar-refractivity contribution in [3.05, 3.63) is 102 Å². The van der Waals surface area contributed by atoms with Gasteiger partial charge in [-0.25, -0.2) is 4.98 Å². The van der Waals surface area contributed by atoms with Crippen LogP contribution in [0.2, 0.25) is 0 Å². The molecule has 1 aromatic heterocycles. The Kier molecular flexibility index (Phi) is 6.76. The van der Waals surface area contributed by atoms with E-state index < -0.39 is 23.6 Å². The summed E-state index contributed by atoms with van der Waals surface area (Å²) in [6.45, 7) is -0.309. The van der Waals surface area contributed by atoms with Gasteiger partial charge in [-0.1, -0.05) is 42.5 Å². The van der Waals surface area contributed by atoms with Crippen LogP contribution in [-0.4, -0.2) is 28.4 Å². The van der Waals surface area contributed by atoms with Crippen LogP contribution in [0.4, 0.5) is 18.9 Å². The summed E-state index contributed by atoms with van der Waals surface area (Å²) < 4.78 is 44.6. The van der Waals surface area contributed by atoms with Crippen LogP contribution in [0.3, 0.4) is 0 Å². The predicted molar refractivity (Wildman–Crippen MR) is 141 cm³/mol. The Morgan fingerprint density at radius 1 is 0.872 bits per heavy atom. The SMILES string of the molecule is NC(=O)c1ccccc1OCC(=O)Nc1ccc(-c2cccc(-c3nc4ccc(C(F)(F)F)cc4[nH]3)c2)cc1. The number of nitrogens with one attached hydrogen (secondary N) is 2. The molecule has 7 nitrogen and oxygen atoms in total. The number of ether oxygens (including phenoxy) is 1. The van der Waals surface area contributed by atoms with E-state index in [1.54, 1.807) is 30.3 Å². The first-order valence-corrected chi connectivity index (χ1v) is 11.8. The van der Waals surface area contributed by atoms with E-state index in [0.29, 0.717) is 28.1 Å². The number of carbonyl (C=O) groups excluding carboxylic acids is 2. The Morgan fingerprint density at radius 3 is 2.36 bits per heavy atom. The number of primary amides is 1. The number of benzene rings is 4. The maximum Gasteiger partial charge on any atom is 0.416 e. The average molecular weight is 531 g/mol. The number of alkyl halides is 3. The number of hydrogen-bond donors (Lipinski definition) is 3. The first-order valence-electron chi connectivity index (χ1n) is 11.8.